The molecule has 8 heteroatoms. The number of hydrogen-bond acceptors (Lipinski definition) is 4. The van der Waals surface area contributed by atoms with Crippen molar-refractivity contribution in [2.45, 2.75) is 75.4 Å². The van der Waals surface area contributed by atoms with Crippen molar-refractivity contribution in [1.29, 1.82) is 0 Å². The summed E-state index contributed by atoms with van der Waals surface area (Å²) >= 11 is 0. The molecule has 0 saturated heterocycles. The summed E-state index contributed by atoms with van der Waals surface area (Å²) in [6.45, 7) is 2.30. The van der Waals surface area contributed by atoms with Gasteiger partial charge in [-0.2, -0.15) is 0 Å². The van der Waals surface area contributed by atoms with E-state index < -0.39 is 16.1 Å². The largest absolute Gasteiger partial charge is 0.352 e. The molecule has 1 atom stereocenters. The maximum absolute atomic E-state index is 13.5. The highest BCUT2D eigenvalue weighted by Gasteiger charge is 2.35. The van der Waals surface area contributed by atoms with Crippen molar-refractivity contribution in [3.8, 4) is 0 Å². The summed E-state index contributed by atoms with van der Waals surface area (Å²) in [5.41, 5.74) is 1.61. The Labute approximate surface area is 224 Å². The van der Waals surface area contributed by atoms with E-state index in [0.717, 1.165) is 42.0 Å². The molecular weight excluding hydrogens is 498 g/mol. The average molecular weight is 534 g/mol. The minimum atomic E-state index is -3.67. The quantitative estimate of drug-likeness (QED) is 0.420. The topological polar surface area (TPSA) is 86.8 Å². The zero-order valence-electron chi connectivity index (χ0n) is 21.8. The van der Waals surface area contributed by atoms with Crippen molar-refractivity contribution in [3.63, 3.8) is 0 Å². The van der Waals surface area contributed by atoms with Gasteiger partial charge in [0.1, 0.15) is 6.04 Å². The Hall–Kier alpha value is -3.39. The van der Waals surface area contributed by atoms with Crippen LogP contribution >= 0.6 is 0 Å². The molecule has 0 bridgehead atoms. The fourth-order valence-corrected chi connectivity index (χ4v) is 7.40. The van der Waals surface area contributed by atoms with E-state index in [1.807, 2.05) is 54.6 Å². The third-order valence-electron chi connectivity index (χ3n) is 7.75. The number of hydrogen-bond donors (Lipinski definition) is 1. The first-order chi connectivity index (χ1) is 18.4. The van der Waals surface area contributed by atoms with Crippen LogP contribution in [0.1, 0.15) is 57.4 Å². The number of amides is 2. The van der Waals surface area contributed by atoms with Crippen molar-refractivity contribution in [3.05, 3.63) is 72.3 Å². The molecule has 1 unspecified atom stereocenters. The number of benzene rings is 3. The molecule has 0 spiro atoms. The van der Waals surface area contributed by atoms with Crippen molar-refractivity contribution in [2.24, 2.45) is 0 Å². The highest BCUT2D eigenvalue weighted by atomic mass is 32.2. The van der Waals surface area contributed by atoms with Crippen LogP contribution in [0.4, 0.5) is 5.69 Å². The summed E-state index contributed by atoms with van der Waals surface area (Å²) in [5.74, 6) is -0.294. The fraction of sp³-hybridized carbons (Fsp3) is 0.400. The van der Waals surface area contributed by atoms with Gasteiger partial charge in [0.05, 0.1) is 10.6 Å². The Morgan fingerprint density at radius 2 is 1.68 bits per heavy atom. The van der Waals surface area contributed by atoms with Crippen molar-refractivity contribution < 1.29 is 18.0 Å². The minimum Gasteiger partial charge on any atom is -0.352 e. The van der Waals surface area contributed by atoms with Crippen LogP contribution in [0.15, 0.2) is 71.6 Å². The van der Waals surface area contributed by atoms with E-state index in [-0.39, 0.29) is 30.8 Å². The molecule has 0 aromatic heterocycles. The van der Waals surface area contributed by atoms with Gasteiger partial charge in [-0.05, 0) is 49.3 Å². The summed E-state index contributed by atoms with van der Waals surface area (Å²) in [6, 6.07) is 20.1. The lowest BCUT2D eigenvalue weighted by Gasteiger charge is -2.31. The number of carbonyl (C=O) groups excluding carboxylic acids is 2. The molecule has 5 rings (SSSR count). The summed E-state index contributed by atoms with van der Waals surface area (Å²) in [7, 11) is -3.67. The lowest BCUT2D eigenvalue weighted by atomic mass is 9.95. The monoisotopic (exact) mass is 533 g/mol. The molecule has 1 aliphatic heterocycles. The van der Waals surface area contributed by atoms with E-state index in [4.69, 9.17) is 0 Å². The second-order valence-corrected chi connectivity index (χ2v) is 12.2. The van der Waals surface area contributed by atoms with Crippen molar-refractivity contribution >= 4 is 38.3 Å². The molecular formula is C30H35N3O4S. The van der Waals surface area contributed by atoms with Gasteiger partial charge in [0, 0.05) is 30.9 Å². The molecule has 2 amide bonds. The maximum atomic E-state index is 13.5. The van der Waals surface area contributed by atoms with E-state index in [1.54, 1.807) is 24.0 Å². The Bertz CT molecular complexity index is 1410. The summed E-state index contributed by atoms with van der Waals surface area (Å²) in [5, 5.41) is 4.77. The average Bonchev–Trinajstić information content (AvgIpc) is 3.15. The molecule has 1 fully saturated rings. The van der Waals surface area contributed by atoms with Gasteiger partial charge in [0.15, 0.2) is 0 Å². The molecule has 1 N–H and O–H groups in total. The van der Waals surface area contributed by atoms with E-state index in [2.05, 4.69) is 5.32 Å². The van der Waals surface area contributed by atoms with Crippen LogP contribution in [-0.4, -0.2) is 43.8 Å². The predicted octanol–water partition coefficient (Wildman–Crippen LogP) is 4.99. The highest BCUT2D eigenvalue weighted by Crippen LogP contribution is 2.42. The van der Waals surface area contributed by atoms with Gasteiger partial charge in [0.2, 0.25) is 11.8 Å². The molecule has 3 aromatic carbocycles. The van der Waals surface area contributed by atoms with Gasteiger partial charge in [-0.1, -0.05) is 73.9 Å². The zero-order chi connectivity index (χ0) is 26.7. The number of sulfonamides is 1. The number of carbonyl (C=O) groups is 2. The summed E-state index contributed by atoms with van der Waals surface area (Å²) in [4.78, 5) is 28.6. The van der Waals surface area contributed by atoms with Gasteiger partial charge in [0.25, 0.3) is 10.0 Å². The Balaban J connectivity index is 1.28. The molecule has 38 heavy (non-hydrogen) atoms. The Morgan fingerprint density at radius 3 is 2.42 bits per heavy atom. The van der Waals surface area contributed by atoms with Crippen LogP contribution in [0.25, 0.3) is 10.8 Å². The van der Waals surface area contributed by atoms with E-state index in [1.165, 1.54) is 10.7 Å². The normalized spacial score (nSPS) is 17.3. The van der Waals surface area contributed by atoms with Crippen molar-refractivity contribution in [2.75, 3.05) is 10.8 Å². The zero-order valence-corrected chi connectivity index (χ0v) is 22.6. The molecule has 1 aliphatic carbocycles. The van der Waals surface area contributed by atoms with E-state index >= 15 is 0 Å². The first-order valence-electron chi connectivity index (χ1n) is 13.5. The maximum Gasteiger partial charge on any atom is 0.265 e. The van der Waals surface area contributed by atoms with E-state index in [0.29, 0.717) is 23.5 Å². The molecule has 0 radical (unpaired) electrons. The van der Waals surface area contributed by atoms with Gasteiger partial charge in [-0.25, -0.2) is 8.42 Å². The molecule has 7 nitrogen and oxygen atoms in total. The van der Waals surface area contributed by atoms with Crippen LogP contribution in [0, 0.1) is 0 Å². The Kier molecular flexibility index (Phi) is 7.70. The van der Waals surface area contributed by atoms with Crippen LogP contribution in [0.3, 0.4) is 0 Å². The summed E-state index contributed by atoms with van der Waals surface area (Å²) in [6.07, 6.45) is 5.88. The fourth-order valence-electron chi connectivity index (χ4n) is 5.65. The van der Waals surface area contributed by atoms with E-state index in [9.17, 15) is 18.0 Å². The first kappa shape index (κ1) is 26.2. The second kappa shape index (κ2) is 11.2. The third-order valence-corrected chi connectivity index (χ3v) is 9.60. The van der Waals surface area contributed by atoms with Gasteiger partial charge >= 0.3 is 0 Å². The molecule has 3 aromatic rings. The third kappa shape index (κ3) is 5.27. The molecule has 1 heterocycles. The molecule has 1 saturated carbocycles. The Morgan fingerprint density at radius 1 is 0.974 bits per heavy atom. The van der Waals surface area contributed by atoms with Gasteiger partial charge in [-0.3, -0.25) is 13.9 Å². The van der Waals surface area contributed by atoms with Crippen LogP contribution < -0.4 is 9.62 Å². The molecule has 200 valence electrons. The van der Waals surface area contributed by atoms with Crippen LogP contribution in [0.2, 0.25) is 0 Å². The van der Waals surface area contributed by atoms with Gasteiger partial charge < -0.3 is 10.2 Å². The number of rotatable bonds is 9. The predicted molar refractivity (Wildman–Crippen MR) is 149 cm³/mol. The molecule has 2 aliphatic rings. The highest BCUT2D eigenvalue weighted by molar-refractivity contribution is 7.93. The van der Waals surface area contributed by atoms with Crippen LogP contribution in [-0.2, 0) is 26.2 Å². The smallest absolute Gasteiger partial charge is 0.265 e. The standard InChI is InChI=1S/C30H35N3O4S/c1-22(30(35)31-25-15-6-3-7-16-25)32(21-23-11-4-2-5-12-23)28(34)19-10-20-33-26-17-8-13-24-14-9-18-27(29(24)26)38(33,36)37/h2,4-5,8-9,11-14,17-18,22,25H,3,6-7,10,15-16,19-21H2,1H3,(H,31,35). The van der Waals surface area contributed by atoms with Crippen LogP contribution in [0.5, 0.6) is 0 Å². The van der Waals surface area contributed by atoms with Gasteiger partial charge in [-0.15, -0.1) is 0 Å². The lowest BCUT2D eigenvalue weighted by molar-refractivity contribution is -0.141. The first-order valence-corrected chi connectivity index (χ1v) is 15.0. The summed E-state index contributed by atoms with van der Waals surface area (Å²) < 4.78 is 28.0. The SMILES string of the molecule is CC(C(=O)NC1CCCCC1)N(Cc1ccccc1)C(=O)CCCN1c2cccc3cccc(c23)S1(=O)=O. The number of anilines is 1. The lowest BCUT2D eigenvalue weighted by Crippen LogP contribution is -2.50. The van der Waals surface area contributed by atoms with Crippen molar-refractivity contribution in [1.82, 2.24) is 10.2 Å². The number of nitrogens with one attached hydrogen (secondary N) is 1. The number of nitrogens with zero attached hydrogens (tertiary/aromatic N) is 2. The minimum absolute atomic E-state index is 0.134. The second-order valence-electron chi connectivity index (χ2n) is 10.3.